The van der Waals surface area contributed by atoms with Gasteiger partial charge in [0.1, 0.15) is 11.5 Å². The first-order chi connectivity index (χ1) is 14.1. The Labute approximate surface area is 176 Å². The van der Waals surface area contributed by atoms with Crippen LogP contribution in [0.3, 0.4) is 0 Å². The molecule has 0 saturated heterocycles. The molecule has 158 valence electrons. The van der Waals surface area contributed by atoms with Gasteiger partial charge in [-0.25, -0.2) is 5.43 Å². The van der Waals surface area contributed by atoms with Crippen LogP contribution in [0.4, 0.5) is 0 Å². The Morgan fingerprint density at radius 1 is 1.20 bits per heavy atom. The fourth-order valence-electron chi connectivity index (χ4n) is 3.14. The average molecular weight is 409 g/mol. The lowest BCUT2D eigenvalue weighted by Gasteiger charge is -2.19. The van der Waals surface area contributed by atoms with Gasteiger partial charge in [0, 0.05) is 23.0 Å². The first-order valence-corrected chi connectivity index (χ1v) is 9.83. The number of nitrogens with zero attached hydrogens (tertiary/aromatic N) is 3. The molecule has 0 aliphatic rings. The Hall–Kier alpha value is -3.35. The van der Waals surface area contributed by atoms with Crippen molar-refractivity contribution in [2.75, 3.05) is 6.61 Å². The Morgan fingerprint density at radius 3 is 2.50 bits per heavy atom. The number of aryl methyl sites for hydroxylation is 2. The molecular formula is C23H28N4O3. The third kappa shape index (κ3) is 4.97. The molecule has 0 spiro atoms. The number of carbonyl (C=O) groups is 1. The highest BCUT2D eigenvalue weighted by molar-refractivity contribution is 5.84. The van der Waals surface area contributed by atoms with Gasteiger partial charge in [0.15, 0.2) is 12.4 Å². The van der Waals surface area contributed by atoms with Gasteiger partial charge in [-0.3, -0.25) is 9.36 Å². The summed E-state index contributed by atoms with van der Waals surface area (Å²) in [7, 11) is 0. The number of hydrogen-bond acceptors (Lipinski definition) is 5. The number of hydrazone groups is 1. The summed E-state index contributed by atoms with van der Waals surface area (Å²) in [5.74, 6) is 1.78. The first kappa shape index (κ1) is 21.4. The summed E-state index contributed by atoms with van der Waals surface area (Å²) in [5.41, 5.74) is 6.62. The van der Waals surface area contributed by atoms with Crippen LogP contribution in [-0.4, -0.2) is 28.5 Å². The predicted molar refractivity (Wildman–Crippen MR) is 116 cm³/mol. The van der Waals surface area contributed by atoms with Crippen LogP contribution >= 0.6 is 0 Å². The van der Waals surface area contributed by atoms with Crippen LogP contribution in [0, 0.1) is 20.8 Å². The molecule has 30 heavy (non-hydrogen) atoms. The second kappa shape index (κ2) is 8.57. The van der Waals surface area contributed by atoms with Gasteiger partial charge in [0.05, 0.1) is 6.21 Å². The zero-order valence-corrected chi connectivity index (χ0v) is 18.3. The number of nitrogens with one attached hydrogen (secondary N) is 1. The van der Waals surface area contributed by atoms with E-state index >= 15 is 0 Å². The lowest BCUT2D eigenvalue weighted by atomic mass is 9.87. The molecule has 0 radical (unpaired) electrons. The van der Waals surface area contributed by atoms with Gasteiger partial charge in [-0.2, -0.15) is 5.10 Å². The molecule has 3 aromatic rings. The van der Waals surface area contributed by atoms with E-state index in [9.17, 15) is 4.79 Å². The van der Waals surface area contributed by atoms with Gasteiger partial charge in [0.25, 0.3) is 5.91 Å². The normalized spacial score (nSPS) is 11.8. The standard InChI is InChI=1S/C23H28N4O3/c1-15-11-18(17(3)27(15)21-12-16(2)30-26-21)13-24-25-22(28)14-29-20-9-7-19(8-10-20)23(4,5)6/h7-13H,14H2,1-6H3,(H,25,28)/b24-13-. The van der Waals surface area contributed by atoms with Crippen molar-refractivity contribution < 1.29 is 14.1 Å². The Morgan fingerprint density at radius 2 is 1.90 bits per heavy atom. The molecule has 0 bridgehead atoms. The van der Waals surface area contributed by atoms with Crippen molar-refractivity contribution in [1.29, 1.82) is 0 Å². The summed E-state index contributed by atoms with van der Waals surface area (Å²) in [4.78, 5) is 12.0. The van der Waals surface area contributed by atoms with Crippen LogP contribution in [0.1, 0.15) is 49.0 Å². The fraction of sp³-hybridized carbons (Fsp3) is 0.348. The van der Waals surface area contributed by atoms with Crippen molar-refractivity contribution in [2.24, 2.45) is 5.10 Å². The first-order valence-electron chi connectivity index (χ1n) is 9.83. The van der Waals surface area contributed by atoms with E-state index in [1.54, 1.807) is 6.21 Å². The fourth-order valence-corrected chi connectivity index (χ4v) is 3.14. The number of amides is 1. The van der Waals surface area contributed by atoms with Gasteiger partial charge in [-0.05, 0) is 49.9 Å². The van der Waals surface area contributed by atoms with E-state index in [0.717, 1.165) is 28.5 Å². The Balaban J connectivity index is 1.56. The van der Waals surface area contributed by atoms with E-state index in [0.29, 0.717) is 5.75 Å². The number of rotatable bonds is 6. The topological polar surface area (TPSA) is 81.7 Å². The maximum absolute atomic E-state index is 12.0. The average Bonchev–Trinajstić information content (AvgIpc) is 3.22. The van der Waals surface area contributed by atoms with Gasteiger partial charge in [-0.1, -0.05) is 38.1 Å². The van der Waals surface area contributed by atoms with Crippen molar-refractivity contribution in [3.05, 3.63) is 64.7 Å². The maximum Gasteiger partial charge on any atom is 0.277 e. The smallest absolute Gasteiger partial charge is 0.277 e. The van der Waals surface area contributed by atoms with E-state index < -0.39 is 0 Å². The number of carbonyl (C=O) groups excluding carboxylic acids is 1. The van der Waals surface area contributed by atoms with E-state index in [-0.39, 0.29) is 17.9 Å². The van der Waals surface area contributed by atoms with E-state index in [1.165, 1.54) is 5.56 Å². The molecule has 1 amide bonds. The van der Waals surface area contributed by atoms with Gasteiger partial charge in [-0.15, -0.1) is 0 Å². The van der Waals surface area contributed by atoms with Crippen molar-refractivity contribution in [3.8, 4) is 11.6 Å². The molecule has 7 heteroatoms. The van der Waals surface area contributed by atoms with Crippen LogP contribution < -0.4 is 10.2 Å². The molecule has 1 N–H and O–H groups in total. The highest BCUT2D eigenvalue weighted by Crippen LogP contribution is 2.24. The van der Waals surface area contributed by atoms with Crippen molar-refractivity contribution in [3.63, 3.8) is 0 Å². The van der Waals surface area contributed by atoms with Gasteiger partial charge in [0.2, 0.25) is 0 Å². The minimum Gasteiger partial charge on any atom is -0.484 e. The van der Waals surface area contributed by atoms with Crippen LogP contribution in [0.15, 0.2) is 46.0 Å². The molecule has 0 aliphatic heterocycles. The quantitative estimate of drug-likeness (QED) is 0.489. The van der Waals surface area contributed by atoms with Gasteiger partial charge >= 0.3 is 0 Å². The zero-order chi connectivity index (χ0) is 21.9. The molecule has 7 nitrogen and oxygen atoms in total. The molecule has 0 saturated carbocycles. The van der Waals surface area contributed by atoms with Gasteiger partial charge < -0.3 is 9.26 Å². The molecule has 1 aromatic carbocycles. The predicted octanol–water partition coefficient (Wildman–Crippen LogP) is 4.22. The SMILES string of the molecule is Cc1cc(-n2c(C)cc(/C=N\NC(=O)COc3ccc(C(C)(C)C)cc3)c2C)no1. The molecule has 3 rings (SSSR count). The van der Waals surface area contributed by atoms with Crippen molar-refractivity contribution >= 4 is 12.1 Å². The summed E-state index contributed by atoms with van der Waals surface area (Å²) in [5, 5.41) is 8.11. The minimum absolute atomic E-state index is 0.0760. The molecule has 0 aliphatic carbocycles. The summed E-state index contributed by atoms with van der Waals surface area (Å²) in [6.07, 6.45) is 1.61. The summed E-state index contributed by atoms with van der Waals surface area (Å²) < 4.78 is 12.7. The second-order valence-electron chi connectivity index (χ2n) is 8.31. The lowest BCUT2D eigenvalue weighted by molar-refractivity contribution is -0.123. The van der Waals surface area contributed by atoms with Crippen LogP contribution in [0.25, 0.3) is 5.82 Å². The van der Waals surface area contributed by atoms with E-state index in [4.69, 9.17) is 9.26 Å². The largest absolute Gasteiger partial charge is 0.484 e. The van der Waals surface area contributed by atoms with Crippen molar-refractivity contribution in [1.82, 2.24) is 15.1 Å². The van der Waals surface area contributed by atoms with Crippen LogP contribution in [0.5, 0.6) is 5.75 Å². The van der Waals surface area contributed by atoms with Crippen LogP contribution in [0.2, 0.25) is 0 Å². The highest BCUT2D eigenvalue weighted by atomic mass is 16.5. The molecule has 2 aromatic heterocycles. The molecule has 2 heterocycles. The lowest BCUT2D eigenvalue weighted by Crippen LogP contribution is -2.24. The third-order valence-corrected chi connectivity index (χ3v) is 4.80. The van der Waals surface area contributed by atoms with Crippen LogP contribution in [-0.2, 0) is 10.2 Å². The molecule has 0 unspecified atom stereocenters. The highest BCUT2D eigenvalue weighted by Gasteiger charge is 2.14. The molecule has 0 atom stereocenters. The maximum atomic E-state index is 12.0. The Kier molecular flexibility index (Phi) is 6.10. The minimum atomic E-state index is -0.327. The Bertz CT molecular complexity index is 1050. The summed E-state index contributed by atoms with van der Waals surface area (Å²) in [6.45, 7) is 12.1. The van der Waals surface area contributed by atoms with E-state index in [2.05, 4.69) is 36.5 Å². The number of benzene rings is 1. The summed E-state index contributed by atoms with van der Waals surface area (Å²) >= 11 is 0. The molecule has 0 fully saturated rings. The summed E-state index contributed by atoms with van der Waals surface area (Å²) in [6, 6.07) is 11.6. The monoisotopic (exact) mass is 408 g/mol. The van der Waals surface area contributed by atoms with E-state index in [1.807, 2.05) is 61.7 Å². The zero-order valence-electron chi connectivity index (χ0n) is 18.3. The second-order valence-corrected chi connectivity index (χ2v) is 8.31. The number of ether oxygens (including phenoxy) is 1. The van der Waals surface area contributed by atoms with Crippen molar-refractivity contribution in [2.45, 2.75) is 47.0 Å². The third-order valence-electron chi connectivity index (χ3n) is 4.80. The number of aromatic nitrogens is 2. The number of hydrogen-bond donors (Lipinski definition) is 1. The molecular weight excluding hydrogens is 380 g/mol.